The smallest absolute Gasteiger partial charge is 0.229 e. The number of carbonyl (C=O) groups is 1. The van der Waals surface area contributed by atoms with E-state index >= 15 is 0 Å². The number of amides is 1. The molecule has 9 heteroatoms. The number of halogens is 1. The first-order chi connectivity index (χ1) is 14.7. The Kier molecular flexibility index (Phi) is 5.37. The summed E-state index contributed by atoms with van der Waals surface area (Å²) in [5.74, 6) is 0.853. The van der Waals surface area contributed by atoms with E-state index in [2.05, 4.69) is 25.4 Å². The highest BCUT2D eigenvalue weighted by atomic mass is 35.5. The molecule has 1 saturated heterocycles. The van der Waals surface area contributed by atoms with Gasteiger partial charge in [-0.1, -0.05) is 29.0 Å². The highest BCUT2D eigenvalue weighted by Gasteiger charge is 2.26. The van der Waals surface area contributed by atoms with Crippen LogP contribution < -0.4 is 10.2 Å². The van der Waals surface area contributed by atoms with Crippen molar-refractivity contribution in [3.63, 3.8) is 0 Å². The molecule has 0 aliphatic carbocycles. The summed E-state index contributed by atoms with van der Waals surface area (Å²) in [6, 6.07) is 13.6. The van der Waals surface area contributed by atoms with Gasteiger partial charge in [-0.3, -0.25) is 4.79 Å². The molecule has 1 aliphatic heterocycles. The lowest BCUT2D eigenvalue weighted by Gasteiger charge is -2.31. The van der Waals surface area contributed by atoms with Crippen molar-refractivity contribution in [2.45, 2.75) is 12.8 Å². The minimum Gasteiger partial charge on any atom is -0.355 e. The van der Waals surface area contributed by atoms with Crippen LogP contribution in [0.25, 0.3) is 20.8 Å². The van der Waals surface area contributed by atoms with E-state index < -0.39 is 0 Å². The first kappa shape index (κ1) is 19.4. The van der Waals surface area contributed by atoms with Crippen LogP contribution >= 0.6 is 34.3 Å². The quantitative estimate of drug-likeness (QED) is 0.450. The lowest BCUT2D eigenvalue weighted by molar-refractivity contribution is -0.120. The van der Waals surface area contributed by atoms with E-state index in [0.717, 1.165) is 52.5 Å². The number of nitrogens with zero attached hydrogens (tertiary/aromatic N) is 4. The average molecular weight is 456 g/mol. The van der Waals surface area contributed by atoms with E-state index in [-0.39, 0.29) is 11.8 Å². The maximum absolute atomic E-state index is 12.7. The second kappa shape index (κ2) is 8.29. The third kappa shape index (κ3) is 4.03. The molecular weight excluding hydrogens is 438 g/mol. The number of benzene rings is 1. The number of hydrogen-bond acceptors (Lipinski definition) is 7. The van der Waals surface area contributed by atoms with Gasteiger partial charge in [-0.15, -0.1) is 21.5 Å². The molecule has 4 heterocycles. The number of piperidine rings is 1. The molecule has 1 aromatic carbocycles. The molecule has 0 spiro atoms. The number of nitrogens with one attached hydrogen (secondary N) is 1. The number of aromatic nitrogens is 3. The number of hydrogen-bond donors (Lipinski definition) is 1. The van der Waals surface area contributed by atoms with Gasteiger partial charge in [0.25, 0.3) is 0 Å². The van der Waals surface area contributed by atoms with Gasteiger partial charge in [0.1, 0.15) is 5.69 Å². The molecule has 0 bridgehead atoms. The number of thiazole rings is 1. The van der Waals surface area contributed by atoms with Crippen molar-refractivity contribution in [1.82, 2.24) is 15.2 Å². The molecule has 3 aromatic heterocycles. The van der Waals surface area contributed by atoms with Gasteiger partial charge in [0.05, 0.1) is 15.1 Å². The Morgan fingerprint density at radius 3 is 2.73 bits per heavy atom. The van der Waals surface area contributed by atoms with Crippen molar-refractivity contribution in [3.05, 3.63) is 52.9 Å². The number of thiophene rings is 1. The van der Waals surface area contributed by atoms with Gasteiger partial charge in [-0.05, 0) is 54.6 Å². The fourth-order valence-electron chi connectivity index (χ4n) is 3.58. The maximum atomic E-state index is 12.7. The largest absolute Gasteiger partial charge is 0.355 e. The normalized spacial score (nSPS) is 14.9. The van der Waals surface area contributed by atoms with Crippen molar-refractivity contribution in [1.29, 1.82) is 0 Å². The zero-order chi connectivity index (χ0) is 20.5. The standard InChI is InChI=1S/C21H18ClN5OS2/c22-14-3-4-15-18(12-14)30-21(23-15)24-20(28)13-7-9-27(10-8-13)19-6-5-16(25-26-19)17-2-1-11-29-17/h1-6,11-13H,7-10H2,(H,23,24,28). The second-order valence-corrected chi connectivity index (χ2v) is 9.55. The first-order valence-electron chi connectivity index (χ1n) is 9.65. The number of fused-ring (bicyclic) bond motifs is 1. The summed E-state index contributed by atoms with van der Waals surface area (Å²) in [6.07, 6.45) is 1.55. The molecule has 0 radical (unpaired) electrons. The molecule has 6 nitrogen and oxygen atoms in total. The zero-order valence-corrected chi connectivity index (χ0v) is 18.3. The Labute approximate surface area is 186 Å². The molecule has 1 fully saturated rings. The average Bonchev–Trinajstić information content (AvgIpc) is 3.43. The van der Waals surface area contributed by atoms with Gasteiger partial charge >= 0.3 is 0 Å². The van der Waals surface area contributed by atoms with Gasteiger partial charge in [-0.25, -0.2) is 4.98 Å². The van der Waals surface area contributed by atoms with E-state index in [1.807, 2.05) is 41.8 Å². The molecular formula is C21H18ClN5OS2. The summed E-state index contributed by atoms with van der Waals surface area (Å²) in [4.78, 5) is 20.5. The predicted octanol–water partition coefficient (Wildman–Crippen LogP) is 5.32. The topological polar surface area (TPSA) is 71.0 Å². The number of rotatable bonds is 4. The van der Waals surface area contributed by atoms with Crippen LogP contribution in [0.5, 0.6) is 0 Å². The van der Waals surface area contributed by atoms with Crippen LogP contribution in [0.2, 0.25) is 5.02 Å². The van der Waals surface area contributed by atoms with Crippen molar-refractivity contribution in [2.75, 3.05) is 23.3 Å². The summed E-state index contributed by atoms with van der Waals surface area (Å²) in [5.41, 5.74) is 1.74. The monoisotopic (exact) mass is 455 g/mol. The predicted molar refractivity (Wildman–Crippen MR) is 124 cm³/mol. The molecule has 152 valence electrons. The lowest BCUT2D eigenvalue weighted by Crippen LogP contribution is -2.38. The van der Waals surface area contributed by atoms with Gasteiger partial charge in [0, 0.05) is 24.0 Å². The van der Waals surface area contributed by atoms with E-state index in [1.165, 1.54) is 11.3 Å². The van der Waals surface area contributed by atoms with Crippen LogP contribution in [0.15, 0.2) is 47.8 Å². The van der Waals surface area contributed by atoms with Gasteiger partial charge < -0.3 is 10.2 Å². The third-order valence-electron chi connectivity index (χ3n) is 5.19. The van der Waals surface area contributed by atoms with Crippen LogP contribution in [0.3, 0.4) is 0 Å². The van der Waals surface area contributed by atoms with Gasteiger partial charge in [-0.2, -0.15) is 0 Å². The number of carbonyl (C=O) groups excluding carboxylic acids is 1. The Bertz CT molecular complexity index is 1170. The minimum atomic E-state index is -0.0322. The zero-order valence-electron chi connectivity index (χ0n) is 15.9. The molecule has 0 saturated carbocycles. The van der Waals surface area contributed by atoms with E-state index in [0.29, 0.717) is 10.2 Å². The molecule has 1 aliphatic rings. The minimum absolute atomic E-state index is 0.0268. The van der Waals surface area contributed by atoms with E-state index in [9.17, 15) is 4.79 Å². The molecule has 1 N–H and O–H groups in total. The molecule has 0 atom stereocenters. The first-order valence-corrected chi connectivity index (χ1v) is 11.7. The van der Waals surface area contributed by atoms with Crippen LogP contribution in [-0.4, -0.2) is 34.2 Å². The van der Waals surface area contributed by atoms with Crippen molar-refractivity contribution < 1.29 is 4.79 Å². The molecule has 0 unspecified atom stereocenters. The highest BCUT2D eigenvalue weighted by molar-refractivity contribution is 7.22. The van der Waals surface area contributed by atoms with Crippen molar-refractivity contribution in [2.24, 2.45) is 5.92 Å². The Hall–Kier alpha value is -2.55. The molecule has 1 amide bonds. The fraction of sp³-hybridized carbons (Fsp3) is 0.238. The lowest BCUT2D eigenvalue weighted by atomic mass is 9.96. The fourth-order valence-corrected chi connectivity index (χ4v) is 5.42. The Morgan fingerprint density at radius 2 is 2.00 bits per heavy atom. The SMILES string of the molecule is O=C(Nc1nc2ccc(Cl)cc2s1)C1CCN(c2ccc(-c3cccs3)nn2)CC1. The summed E-state index contributed by atoms with van der Waals surface area (Å²) >= 11 is 9.13. The molecule has 4 aromatic rings. The van der Waals surface area contributed by atoms with E-state index in [1.54, 1.807) is 17.4 Å². The summed E-state index contributed by atoms with van der Waals surface area (Å²) < 4.78 is 0.970. The van der Waals surface area contributed by atoms with Crippen LogP contribution in [0, 0.1) is 5.92 Å². The highest BCUT2D eigenvalue weighted by Crippen LogP contribution is 2.30. The molecule has 5 rings (SSSR count). The van der Waals surface area contributed by atoms with E-state index in [4.69, 9.17) is 11.6 Å². The van der Waals surface area contributed by atoms with Crippen LogP contribution in [0.4, 0.5) is 10.9 Å². The maximum Gasteiger partial charge on any atom is 0.229 e. The number of anilines is 2. The Balaban J connectivity index is 1.19. The van der Waals surface area contributed by atoms with Crippen LogP contribution in [-0.2, 0) is 4.79 Å². The summed E-state index contributed by atoms with van der Waals surface area (Å²) in [7, 11) is 0. The summed E-state index contributed by atoms with van der Waals surface area (Å²) in [5, 5.41) is 15.0. The summed E-state index contributed by atoms with van der Waals surface area (Å²) in [6.45, 7) is 1.56. The van der Waals surface area contributed by atoms with Gasteiger partial charge in [0.2, 0.25) is 5.91 Å². The Morgan fingerprint density at radius 1 is 1.13 bits per heavy atom. The van der Waals surface area contributed by atoms with Crippen molar-refractivity contribution in [3.8, 4) is 10.6 Å². The second-order valence-electron chi connectivity index (χ2n) is 7.14. The third-order valence-corrected chi connectivity index (χ3v) is 7.26. The van der Waals surface area contributed by atoms with Crippen LogP contribution in [0.1, 0.15) is 12.8 Å². The van der Waals surface area contributed by atoms with Gasteiger partial charge in [0.15, 0.2) is 10.9 Å². The molecule has 30 heavy (non-hydrogen) atoms. The van der Waals surface area contributed by atoms with Crippen molar-refractivity contribution >= 4 is 61.3 Å².